The normalized spacial score (nSPS) is 16.4. The van der Waals surface area contributed by atoms with Gasteiger partial charge in [-0.2, -0.15) is 4.31 Å². The molecule has 0 unspecified atom stereocenters. The molecule has 0 radical (unpaired) electrons. The van der Waals surface area contributed by atoms with Gasteiger partial charge in [-0.15, -0.1) is 10.2 Å². The van der Waals surface area contributed by atoms with Crippen LogP contribution in [0.1, 0.15) is 25.3 Å². The van der Waals surface area contributed by atoms with E-state index < -0.39 is 10.0 Å². The zero-order valence-corrected chi connectivity index (χ0v) is 16.8. The number of piperidine rings is 1. The molecular weight excluding hydrogens is 374 g/mol. The zero-order chi connectivity index (χ0) is 19.7. The monoisotopic (exact) mass is 397 g/mol. The summed E-state index contributed by atoms with van der Waals surface area (Å²) < 4.78 is 33.4. The van der Waals surface area contributed by atoms with Crippen LogP contribution < -0.4 is 0 Å². The Labute approximate surface area is 165 Å². The summed E-state index contributed by atoms with van der Waals surface area (Å²) in [4.78, 5) is 0.259. The molecule has 1 aliphatic rings. The van der Waals surface area contributed by atoms with Crippen LogP contribution in [0.3, 0.4) is 0 Å². The highest BCUT2D eigenvalue weighted by Gasteiger charge is 2.28. The molecule has 6 nitrogen and oxygen atoms in total. The lowest BCUT2D eigenvalue weighted by molar-refractivity contribution is 0.288. The quantitative estimate of drug-likeness (QED) is 0.661. The van der Waals surface area contributed by atoms with Crippen LogP contribution in [-0.4, -0.2) is 36.0 Å². The van der Waals surface area contributed by atoms with Crippen molar-refractivity contribution in [2.24, 2.45) is 5.92 Å². The Kier molecular flexibility index (Phi) is 5.03. The molecule has 1 aromatic heterocycles. The molecule has 0 bridgehead atoms. The fraction of sp³-hybridized carbons (Fsp3) is 0.333. The summed E-state index contributed by atoms with van der Waals surface area (Å²) in [6, 6.07) is 14.5. The molecule has 0 amide bonds. The van der Waals surface area contributed by atoms with Gasteiger partial charge >= 0.3 is 0 Å². The zero-order valence-electron chi connectivity index (χ0n) is 16.0. The Morgan fingerprint density at radius 3 is 2.21 bits per heavy atom. The average Bonchev–Trinajstić information content (AvgIpc) is 3.19. The van der Waals surface area contributed by atoms with E-state index in [1.165, 1.54) is 0 Å². The van der Waals surface area contributed by atoms with Gasteiger partial charge in [-0.05, 0) is 56.0 Å². The van der Waals surface area contributed by atoms with E-state index in [2.05, 4.69) is 17.1 Å². The smallest absolute Gasteiger partial charge is 0.248 e. The van der Waals surface area contributed by atoms with Gasteiger partial charge in [0.1, 0.15) is 0 Å². The lowest BCUT2D eigenvalue weighted by Gasteiger charge is -2.29. The second-order valence-corrected chi connectivity index (χ2v) is 9.33. The molecular formula is C21H23N3O3S. The largest absolute Gasteiger partial charge is 0.416 e. The van der Waals surface area contributed by atoms with Gasteiger partial charge in [-0.25, -0.2) is 8.42 Å². The van der Waals surface area contributed by atoms with E-state index in [-0.39, 0.29) is 4.90 Å². The van der Waals surface area contributed by atoms with E-state index in [1.54, 1.807) is 28.6 Å². The maximum atomic E-state index is 13.0. The summed E-state index contributed by atoms with van der Waals surface area (Å²) in [6.45, 7) is 5.28. The second-order valence-electron chi connectivity index (χ2n) is 7.40. The van der Waals surface area contributed by atoms with Crippen molar-refractivity contribution in [2.75, 3.05) is 13.1 Å². The van der Waals surface area contributed by atoms with Crippen LogP contribution in [0.5, 0.6) is 0 Å². The van der Waals surface area contributed by atoms with E-state index in [0.717, 1.165) is 24.0 Å². The third kappa shape index (κ3) is 3.72. The lowest BCUT2D eigenvalue weighted by Crippen LogP contribution is -2.37. The highest BCUT2D eigenvalue weighted by molar-refractivity contribution is 7.89. The first-order chi connectivity index (χ1) is 13.4. The Hall–Kier alpha value is -2.51. The van der Waals surface area contributed by atoms with Crippen LogP contribution in [0.25, 0.3) is 22.9 Å². The maximum Gasteiger partial charge on any atom is 0.248 e. The van der Waals surface area contributed by atoms with Gasteiger partial charge in [0.25, 0.3) is 0 Å². The van der Waals surface area contributed by atoms with Gasteiger partial charge in [-0.1, -0.05) is 30.7 Å². The van der Waals surface area contributed by atoms with Crippen LogP contribution >= 0.6 is 0 Å². The average molecular weight is 398 g/mol. The van der Waals surface area contributed by atoms with Gasteiger partial charge in [0.15, 0.2) is 0 Å². The topological polar surface area (TPSA) is 76.3 Å². The molecule has 0 aliphatic carbocycles. The molecule has 4 rings (SSSR count). The predicted molar refractivity (Wildman–Crippen MR) is 107 cm³/mol. The van der Waals surface area contributed by atoms with E-state index >= 15 is 0 Å². The fourth-order valence-electron chi connectivity index (χ4n) is 3.40. The molecule has 1 aliphatic heterocycles. The number of hydrogen-bond acceptors (Lipinski definition) is 5. The Morgan fingerprint density at radius 2 is 1.57 bits per heavy atom. The molecule has 1 saturated heterocycles. The first-order valence-corrected chi connectivity index (χ1v) is 10.9. The molecule has 0 spiro atoms. The van der Waals surface area contributed by atoms with Crippen LogP contribution in [0.2, 0.25) is 0 Å². The summed E-state index contributed by atoms with van der Waals surface area (Å²) in [7, 11) is -3.52. The molecule has 0 saturated carbocycles. The summed E-state index contributed by atoms with van der Waals surface area (Å²) in [5, 5.41) is 8.23. The standard InChI is InChI=1S/C21H23N3O3S/c1-15-9-11-24(12-10-15)28(25,26)19-8-4-7-18(14-19)21-23-22-20(27-21)17-6-3-5-16(2)13-17/h3-8,13-15H,9-12H2,1-2H3. The third-order valence-electron chi connectivity index (χ3n) is 5.15. The lowest BCUT2D eigenvalue weighted by atomic mass is 10.0. The molecule has 0 atom stereocenters. The van der Waals surface area contributed by atoms with E-state index in [1.807, 2.05) is 31.2 Å². The minimum Gasteiger partial charge on any atom is -0.416 e. The summed E-state index contributed by atoms with van der Waals surface area (Å²) >= 11 is 0. The first-order valence-electron chi connectivity index (χ1n) is 9.44. The van der Waals surface area contributed by atoms with Gasteiger partial charge in [0.05, 0.1) is 4.90 Å². The predicted octanol–water partition coefficient (Wildman–Crippen LogP) is 4.13. The van der Waals surface area contributed by atoms with Crippen LogP contribution in [0.4, 0.5) is 0 Å². The van der Waals surface area contributed by atoms with Crippen molar-refractivity contribution in [3.63, 3.8) is 0 Å². The SMILES string of the molecule is Cc1cccc(-c2nnc(-c3cccc(S(=O)(=O)N4CCC(C)CC4)c3)o2)c1. The van der Waals surface area contributed by atoms with Crippen molar-refractivity contribution in [3.05, 3.63) is 54.1 Å². The van der Waals surface area contributed by atoms with Gasteiger partial charge in [0, 0.05) is 24.2 Å². The number of hydrogen-bond donors (Lipinski definition) is 0. The number of aryl methyl sites for hydroxylation is 1. The Bertz CT molecular complexity index is 1080. The van der Waals surface area contributed by atoms with E-state index in [9.17, 15) is 8.42 Å². The molecule has 0 N–H and O–H groups in total. The summed E-state index contributed by atoms with van der Waals surface area (Å²) in [6.07, 6.45) is 1.78. The van der Waals surface area contributed by atoms with E-state index in [4.69, 9.17) is 4.42 Å². The van der Waals surface area contributed by atoms with Crippen LogP contribution in [-0.2, 0) is 10.0 Å². The molecule has 1 fully saturated rings. The molecule has 2 aromatic carbocycles. The van der Waals surface area contributed by atoms with Crippen molar-refractivity contribution in [3.8, 4) is 22.9 Å². The van der Waals surface area contributed by atoms with Crippen LogP contribution in [0.15, 0.2) is 57.8 Å². The molecule has 2 heterocycles. The van der Waals surface area contributed by atoms with Crippen LogP contribution in [0, 0.1) is 12.8 Å². The minimum atomic E-state index is -3.52. The number of sulfonamides is 1. The van der Waals surface area contributed by atoms with Crippen molar-refractivity contribution >= 4 is 10.0 Å². The molecule has 3 aromatic rings. The fourth-order valence-corrected chi connectivity index (χ4v) is 4.91. The second kappa shape index (κ2) is 7.48. The molecule has 146 valence electrons. The summed E-state index contributed by atoms with van der Waals surface area (Å²) in [5.74, 6) is 1.29. The highest BCUT2D eigenvalue weighted by atomic mass is 32.2. The Balaban J connectivity index is 1.63. The number of nitrogens with zero attached hydrogens (tertiary/aromatic N) is 3. The minimum absolute atomic E-state index is 0.259. The van der Waals surface area contributed by atoms with E-state index in [0.29, 0.717) is 36.4 Å². The molecule has 28 heavy (non-hydrogen) atoms. The third-order valence-corrected chi connectivity index (χ3v) is 7.05. The number of benzene rings is 2. The van der Waals surface area contributed by atoms with Crippen molar-refractivity contribution in [1.82, 2.24) is 14.5 Å². The number of rotatable bonds is 4. The number of aromatic nitrogens is 2. The van der Waals surface area contributed by atoms with Crippen molar-refractivity contribution in [1.29, 1.82) is 0 Å². The first kappa shape index (κ1) is 18.8. The molecule has 7 heteroatoms. The Morgan fingerprint density at radius 1 is 0.964 bits per heavy atom. The summed E-state index contributed by atoms with van der Waals surface area (Å²) in [5.41, 5.74) is 2.53. The van der Waals surface area contributed by atoms with Crippen molar-refractivity contribution < 1.29 is 12.8 Å². The van der Waals surface area contributed by atoms with Crippen molar-refractivity contribution in [2.45, 2.75) is 31.6 Å². The van der Waals surface area contributed by atoms with Gasteiger partial charge in [-0.3, -0.25) is 0 Å². The maximum absolute atomic E-state index is 13.0. The van der Waals surface area contributed by atoms with Gasteiger partial charge < -0.3 is 4.42 Å². The highest BCUT2D eigenvalue weighted by Crippen LogP contribution is 2.28. The van der Waals surface area contributed by atoms with Gasteiger partial charge in [0.2, 0.25) is 21.8 Å².